The predicted octanol–water partition coefficient (Wildman–Crippen LogP) is 3.65. The Labute approximate surface area is 84.7 Å². The molecule has 1 nitrogen and oxygen atoms in total. The van der Waals surface area contributed by atoms with Crippen LogP contribution in [0.15, 0.2) is 18.2 Å². The molecule has 0 atom stereocenters. The third-order valence-electron chi connectivity index (χ3n) is 1.99. The Hall–Kier alpha value is -0.690. The van der Waals surface area contributed by atoms with Crippen LogP contribution in [0.25, 0.3) is 0 Å². The quantitative estimate of drug-likeness (QED) is 0.670. The Balaban J connectivity index is 3.24. The summed E-state index contributed by atoms with van der Waals surface area (Å²) in [5, 5.41) is 0.720. The number of rotatable bonds is 1. The van der Waals surface area contributed by atoms with Crippen molar-refractivity contribution in [3.63, 3.8) is 0 Å². The van der Waals surface area contributed by atoms with Crippen LogP contribution in [-0.4, -0.2) is 7.11 Å². The fourth-order valence-corrected chi connectivity index (χ4v) is 1.73. The second kappa shape index (κ2) is 3.59. The van der Waals surface area contributed by atoms with Gasteiger partial charge in [0.25, 0.3) is 0 Å². The summed E-state index contributed by atoms with van der Waals surface area (Å²) in [6, 6.07) is 5.87. The van der Waals surface area contributed by atoms with E-state index >= 15 is 0 Å². The van der Waals surface area contributed by atoms with Crippen LogP contribution in [0.1, 0.15) is 26.3 Å². The minimum atomic E-state index is 0.0611. The molecule has 0 N–H and O–H groups in total. The van der Waals surface area contributed by atoms with Crippen LogP contribution in [0.5, 0.6) is 5.75 Å². The van der Waals surface area contributed by atoms with Gasteiger partial charge in [0, 0.05) is 0 Å². The zero-order valence-corrected chi connectivity index (χ0v) is 9.27. The maximum Gasteiger partial charge on any atom is 0.137 e. The lowest BCUT2D eigenvalue weighted by molar-refractivity contribution is 0.413. The van der Waals surface area contributed by atoms with Crippen LogP contribution in [0.3, 0.4) is 0 Å². The largest absolute Gasteiger partial charge is 0.495 e. The molecule has 0 saturated heterocycles. The molecule has 1 aromatic rings. The highest BCUT2D eigenvalue weighted by Gasteiger charge is 2.18. The number of methoxy groups -OCH3 is 1. The van der Waals surface area contributed by atoms with Gasteiger partial charge in [-0.25, -0.2) is 0 Å². The molecule has 2 heteroatoms. The van der Waals surface area contributed by atoms with Gasteiger partial charge in [0.2, 0.25) is 0 Å². The van der Waals surface area contributed by atoms with E-state index in [1.165, 1.54) is 0 Å². The average Bonchev–Trinajstić information content (AvgIpc) is 2.02. The molecule has 0 aromatic heterocycles. The molecule has 1 aromatic carbocycles. The van der Waals surface area contributed by atoms with Gasteiger partial charge in [-0.05, 0) is 17.0 Å². The van der Waals surface area contributed by atoms with Crippen molar-refractivity contribution in [3.8, 4) is 5.75 Å². The van der Waals surface area contributed by atoms with Gasteiger partial charge < -0.3 is 4.74 Å². The zero-order chi connectivity index (χ0) is 10.1. The molecule has 0 amide bonds. The van der Waals surface area contributed by atoms with Gasteiger partial charge in [-0.15, -0.1) is 0 Å². The van der Waals surface area contributed by atoms with Crippen molar-refractivity contribution in [1.82, 2.24) is 0 Å². The topological polar surface area (TPSA) is 9.23 Å². The first-order valence-corrected chi connectivity index (χ1v) is 4.67. The lowest BCUT2D eigenvalue weighted by Crippen LogP contribution is -2.11. The molecule has 0 aliphatic rings. The molecule has 0 heterocycles. The standard InChI is InChI=1S/C11H15ClO/c1-11(2,3)8-6-5-7-9(13-4)10(8)12/h5-7H,1-4H3. The molecule has 0 aliphatic carbocycles. The zero-order valence-electron chi connectivity index (χ0n) is 8.52. The fraction of sp³-hybridized carbons (Fsp3) is 0.455. The first kappa shape index (κ1) is 10.4. The molecule has 0 saturated carbocycles. The Morgan fingerprint density at radius 3 is 2.31 bits per heavy atom. The second-order valence-electron chi connectivity index (χ2n) is 4.07. The van der Waals surface area contributed by atoms with Gasteiger partial charge >= 0.3 is 0 Å². The molecular weight excluding hydrogens is 184 g/mol. The van der Waals surface area contributed by atoms with Gasteiger partial charge in [0.1, 0.15) is 5.75 Å². The Bertz CT molecular complexity index is 299. The van der Waals surface area contributed by atoms with E-state index in [4.69, 9.17) is 16.3 Å². The summed E-state index contributed by atoms with van der Waals surface area (Å²) < 4.78 is 5.15. The number of benzene rings is 1. The van der Waals surface area contributed by atoms with Gasteiger partial charge in [-0.2, -0.15) is 0 Å². The van der Waals surface area contributed by atoms with Gasteiger partial charge in [-0.1, -0.05) is 44.5 Å². The van der Waals surface area contributed by atoms with Crippen molar-refractivity contribution in [2.75, 3.05) is 7.11 Å². The Morgan fingerprint density at radius 1 is 1.23 bits per heavy atom. The number of hydrogen-bond donors (Lipinski definition) is 0. The van der Waals surface area contributed by atoms with E-state index in [-0.39, 0.29) is 5.41 Å². The normalized spacial score (nSPS) is 11.5. The summed E-state index contributed by atoms with van der Waals surface area (Å²) in [5.74, 6) is 0.745. The van der Waals surface area contributed by atoms with Crippen molar-refractivity contribution in [2.24, 2.45) is 0 Å². The second-order valence-corrected chi connectivity index (χ2v) is 4.45. The van der Waals surface area contributed by atoms with Crippen molar-refractivity contribution in [3.05, 3.63) is 28.8 Å². The fourth-order valence-electron chi connectivity index (χ4n) is 1.25. The minimum Gasteiger partial charge on any atom is -0.495 e. The maximum absolute atomic E-state index is 6.17. The van der Waals surface area contributed by atoms with E-state index < -0.39 is 0 Å². The third kappa shape index (κ3) is 2.16. The van der Waals surface area contributed by atoms with E-state index in [0.717, 1.165) is 16.3 Å². The molecule has 0 spiro atoms. The first-order chi connectivity index (χ1) is 5.96. The van der Waals surface area contributed by atoms with E-state index in [9.17, 15) is 0 Å². The summed E-state index contributed by atoms with van der Waals surface area (Å²) in [6.07, 6.45) is 0. The molecule has 0 bridgehead atoms. The first-order valence-electron chi connectivity index (χ1n) is 4.30. The molecule has 0 aliphatic heterocycles. The molecule has 13 heavy (non-hydrogen) atoms. The summed E-state index contributed by atoms with van der Waals surface area (Å²) >= 11 is 6.17. The number of halogens is 1. The number of hydrogen-bond acceptors (Lipinski definition) is 1. The van der Waals surface area contributed by atoms with E-state index in [0.29, 0.717) is 0 Å². The lowest BCUT2D eigenvalue weighted by Gasteiger charge is -2.21. The van der Waals surface area contributed by atoms with E-state index in [1.54, 1.807) is 7.11 Å². The summed E-state index contributed by atoms with van der Waals surface area (Å²) in [4.78, 5) is 0. The van der Waals surface area contributed by atoms with E-state index in [1.807, 2.05) is 18.2 Å². The molecule has 0 radical (unpaired) electrons. The smallest absolute Gasteiger partial charge is 0.137 e. The molecule has 0 fully saturated rings. The van der Waals surface area contributed by atoms with Crippen molar-refractivity contribution < 1.29 is 4.74 Å². The highest BCUT2D eigenvalue weighted by molar-refractivity contribution is 6.33. The molecule has 0 unspecified atom stereocenters. The summed E-state index contributed by atoms with van der Waals surface area (Å²) in [7, 11) is 1.63. The predicted molar refractivity (Wildman–Crippen MR) is 56.7 cm³/mol. The Morgan fingerprint density at radius 2 is 1.85 bits per heavy atom. The molecule has 1 rings (SSSR count). The van der Waals surface area contributed by atoms with Crippen LogP contribution in [0.4, 0.5) is 0 Å². The molecule has 72 valence electrons. The highest BCUT2D eigenvalue weighted by Crippen LogP contribution is 2.35. The monoisotopic (exact) mass is 198 g/mol. The van der Waals surface area contributed by atoms with Gasteiger partial charge in [-0.3, -0.25) is 0 Å². The van der Waals surface area contributed by atoms with Crippen LogP contribution < -0.4 is 4.74 Å². The SMILES string of the molecule is COc1cccc(C(C)(C)C)c1Cl. The van der Waals surface area contributed by atoms with Crippen molar-refractivity contribution in [1.29, 1.82) is 0 Å². The number of ether oxygens (including phenoxy) is 1. The molecular formula is C11H15ClO. The summed E-state index contributed by atoms with van der Waals surface area (Å²) in [6.45, 7) is 6.40. The van der Waals surface area contributed by atoms with Crippen LogP contribution in [0.2, 0.25) is 5.02 Å². The van der Waals surface area contributed by atoms with Gasteiger partial charge in [0.15, 0.2) is 0 Å². The third-order valence-corrected chi connectivity index (χ3v) is 2.38. The minimum absolute atomic E-state index is 0.0611. The van der Waals surface area contributed by atoms with Gasteiger partial charge in [0.05, 0.1) is 12.1 Å². The Kier molecular flexibility index (Phi) is 2.87. The van der Waals surface area contributed by atoms with Crippen LogP contribution in [0, 0.1) is 0 Å². The average molecular weight is 199 g/mol. The van der Waals surface area contributed by atoms with Crippen molar-refractivity contribution >= 4 is 11.6 Å². The van der Waals surface area contributed by atoms with Crippen molar-refractivity contribution in [2.45, 2.75) is 26.2 Å². The lowest BCUT2D eigenvalue weighted by atomic mass is 9.87. The van der Waals surface area contributed by atoms with E-state index in [2.05, 4.69) is 20.8 Å². The van der Waals surface area contributed by atoms with Crippen LogP contribution >= 0.6 is 11.6 Å². The summed E-state index contributed by atoms with van der Waals surface area (Å²) in [5.41, 5.74) is 1.18. The van der Waals surface area contributed by atoms with Crippen LogP contribution in [-0.2, 0) is 5.41 Å². The highest BCUT2D eigenvalue weighted by atomic mass is 35.5. The maximum atomic E-state index is 6.17.